The molecule has 9 N–H and O–H groups in total. The minimum Gasteiger partial charge on any atom is -0.394 e. The molecule has 2 aliphatic heterocycles. The second-order valence-corrected chi connectivity index (χ2v) is 26.4. The van der Waals surface area contributed by atoms with Crippen molar-refractivity contribution in [2.45, 2.75) is 408 Å². The Kier molecular flexibility index (Phi) is 55.2. The van der Waals surface area contributed by atoms with Crippen LogP contribution in [0, 0.1) is 0 Å². The van der Waals surface area contributed by atoms with Gasteiger partial charge >= 0.3 is 0 Å². The van der Waals surface area contributed by atoms with Crippen molar-refractivity contribution in [2.24, 2.45) is 0 Å². The molecule has 0 spiro atoms. The molecule has 2 saturated heterocycles. The first-order chi connectivity index (χ1) is 43.1. The molecule has 2 fully saturated rings. The van der Waals surface area contributed by atoms with E-state index < -0.39 is 86.8 Å². The minimum atomic E-state index is -1.79. The molecule has 12 atom stereocenters. The van der Waals surface area contributed by atoms with Gasteiger partial charge in [0.15, 0.2) is 12.6 Å². The molecular formula is C74H139NO13. The molecule has 518 valence electrons. The number of amides is 1. The molecule has 0 saturated carbocycles. The van der Waals surface area contributed by atoms with Crippen LogP contribution in [-0.2, 0) is 23.7 Å². The van der Waals surface area contributed by atoms with Crippen LogP contribution < -0.4 is 5.32 Å². The maximum Gasteiger partial charge on any atom is 0.220 e. The number of carbonyl (C=O) groups excluding carboxylic acids is 1. The highest BCUT2D eigenvalue weighted by Gasteiger charge is 2.51. The fraction of sp³-hybridized carbons (Fsp3) is 0.905. The van der Waals surface area contributed by atoms with E-state index in [9.17, 15) is 45.6 Å². The van der Waals surface area contributed by atoms with E-state index in [-0.39, 0.29) is 18.9 Å². The summed E-state index contributed by atoms with van der Waals surface area (Å²) in [7, 11) is 0. The van der Waals surface area contributed by atoms with Gasteiger partial charge in [0.2, 0.25) is 5.91 Å². The maximum absolute atomic E-state index is 13.3. The summed E-state index contributed by atoms with van der Waals surface area (Å²) >= 11 is 0. The number of hydrogen-bond acceptors (Lipinski definition) is 13. The zero-order valence-electron chi connectivity index (χ0n) is 56.5. The second kappa shape index (κ2) is 59.0. The molecule has 14 nitrogen and oxygen atoms in total. The van der Waals surface area contributed by atoms with E-state index >= 15 is 0 Å². The van der Waals surface area contributed by atoms with E-state index in [0.29, 0.717) is 12.8 Å². The molecule has 14 heteroatoms. The highest BCUT2D eigenvalue weighted by molar-refractivity contribution is 5.76. The van der Waals surface area contributed by atoms with Crippen molar-refractivity contribution < 1.29 is 64.6 Å². The molecule has 0 aromatic heterocycles. The molecule has 2 rings (SSSR count). The van der Waals surface area contributed by atoms with Crippen LogP contribution in [0.2, 0.25) is 0 Å². The summed E-state index contributed by atoms with van der Waals surface area (Å²) in [6.07, 6.45) is 59.5. The fourth-order valence-corrected chi connectivity index (χ4v) is 12.4. The van der Waals surface area contributed by atoms with Crippen molar-refractivity contribution in [1.29, 1.82) is 0 Å². The van der Waals surface area contributed by atoms with Gasteiger partial charge in [-0.05, 0) is 44.9 Å². The van der Waals surface area contributed by atoms with Crippen LogP contribution in [0.15, 0.2) is 36.5 Å². The van der Waals surface area contributed by atoms with E-state index in [0.717, 1.165) is 44.9 Å². The van der Waals surface area contributed by atoms with E-state index in [2.05, 4.69) is 43.5 Å². The highest BCUT2D eigenvalue weighted by atomic mass is 16.7. The number of ether oxygens (including phenoxy) is 4. The fourth-order valence-electron chi connectivity index (χ4n) is 12.4. The predicted octanol–water partition coefficient (Wildman–Crippen LogP) is 15.7. The van der Waals surface area contributed by atoms with Gasteiger partial charge in [0.25, 0.3) is 0 Å². The lowest BCUT2D eigenvalue weighted by Crippen LogP contribution is -2.65. The van der Waals surface area contributed by atoms with Crippen LogP contribution in [0.3, 0.4) is 0 Å². The van der Waals surface area contributed by atoms with Crippen molar-refractivity contribution in [1.82, 2.24) is 5.32 Å². The molecule has 1 amide bonds. The summed E-state index contributed by atoms with van der Waals surface area (Å²) in [4.78, 5) is 13.3. The maximum atomic E-state index is 13.3. The van der Waals surface area contributed by atoms with Gasteiger partial charge in [0.1, 0.15) is 48.8 Å². The van der Waals surface area contributed by atoms with Gasteiger partial charge in [-0.15, -0.1) is 0 Å². The Bertz CT molecular complexity index is 1620. The Labute approximate surface area is 538 Å². The van der Waals surface area contributed by atoms with Crippen LogP contribution in [0.1, 0.15) is 335 Å². The lowest BCUT2D eigenvalue weighted by atomic mass is 9.97. The van der Waals surface area contributed by atoms with E-state index in [1.165, 1.54) is 257 Å². The van der Waals surface area contributed by atoms with E-state index in [1.54, 1.807) is 6.08 Å². The number of hydrogen-bond donors (Lipinski definition) is 9. The Morgan fingerprint density at radius 1 is 0.398 bits per heavy atom. The van der Waals surface area contributed by atoms with Gasteiger partial charge in [-0.2, -0.15) is 0 Å². The van der Waals surface area contributed by atoms with Crippen molar-refractivity contribution in [3.05, 3.63) is 36.5 Å². The second-order valence-electron chi connectivity index (χ2n) is 26.4. The number of rotatable bonds is 62. The quantitative estimate of drug-likeness (QED) is 0.0204. The Balaban J connectivity index is 1.60. The molecular weight excluding hydrogens is 1110 g/mol. The van der Waals surface area contributed by atoms with E-state index in [4.69, 9.17) is 18.9 Å². The van der Waals surface area contributed by atoms with Crippen molar-refractivity contribution in [2.75, 3.05) is 19.8 Å². The first kappa shape index (κ1) is 82.3. The summed E-state index contributed by atoms with van der Waals surface area (Å²) in [6, 6.07) is -0.937. The Morgan fingerprint density at radius 2 is 0.727 bits per heavy atom. The SMILES string of the molecule is CCCCCCCCCC/C=C/CC/C=C/CC/C=C/C(O)C(COC1OC(CO)C(OC2OC(CO)C(O)C(O)C2O)C(O)C1O)NC(=O)CCCCCCCCCCCCCCCCCCCCCCCCCCCCCCCCCCCCCC. The van der Waals surface area contributed by atoms with Crippen molar-refractivity contribution in [3.8, 4) is 0 Å². The normalized spacial score (nSPS) is 23.3. The number of unbranched alkanes of at least 4 members (excludes halogenated alkanes) is 45. The molecule has 88 heavy (non-hydrogen) atoms. The number of aliphatic hydroxyl groups excluding tert-OH is 8. The Morgan fingerprint density at radius 3 is 1.11 bits per heavy atom. The highest BCUT2D eigenvalue weighted by Crippen LogP contribution is 2.30. The molecule has 0 aliphatic carbocycles. The van der Waals surface area contributed by atoms with Crippen LogP contribution >= 0.6 is 0 Å². The lowest BCUT2D eigenvalue weighted by molar-refractivity contribution is -0.359. The number of aliphatic hydroxyl groups is 8. The number of carbonyl (C=O) groups is 1. The predicted molar refractivity (Wildman–Crippen MR) is 360 cm³/mol. The zero-order chi connectivity index (χ0) is 63.8. The average molecular weight is 1250 g/mol. The number of allylic oxidation sites excluding steroid dienone is 5. The van der Waals surface area contributed by atoms with Gasteiger partial charge in [0, 0.05) is 6.42 Å². The van der Waals surface area contributed by atoms with Gasteiger partial charge in [-0.25, -0.2) is 0 Å². The summed E-state index contributed by atoms with van der Waals surface area (Å²) in [5, 5.41) is 87.4. The van der Waals surface area contributed by atoms with Gasteiger partial charge < -0.3 is 65.1 Å². The third kappa shape index (κ3) is 42.4. The summed E-state index contributed by atoms with van der Waals surface area (Å²) in [6.45, 7) is 2.81. The van der Waals surface area contributed by atoms with Crippen molar-refractivity contribution >= 4 is 5.91 Å². The molecule has 12 unspecified atom stereocenters. The van der Waals surface area contributed by atoms with Gasteiger partial charge in [-0.1, -0.05) is 320 Å². The molecule has 0 bridgehead atoms. The lowest BCUT2D eigenvalue weighted by Gasteiger charge is -2.46. The topological polar surface area (TPSA) is 228 Å². The van der Waals surface area contributed by atoms with Gasteiger partial charge in [-0.3, -0.25) is 4.79 Å². The van der Waals surface area contributed by atoms with Crippen molar-refractivity contribution in [3.63, 3.8) is 0 Å². The minimum absolute atomic E-state index is 0.247. The van der Waals surface area contributed by atoms with Crippen LogP contribution in [0.5, 0.6) is 0 Å². The molecule has 0 aromatic carbocycles. The summed E-state index contributed by atoms with van der Waals surface area (Å²) in [5.74, 6) is -0.247. The first-order valence-corrected chi connectivity index (χ1v) is 37.2. The zero-order valence-corrected chi connectivity index (χ0v) is 56.5. The Hall–Kier alpha value is -1.79. The molecule has 2 aliphatic rings. The average Bonchev–Trinajstić information content (AvgIpc) is 2.67. The standard InChI is InChI=1S/C74H139NO13/c1-3-5-7-9-11-13-15-17-19-21-23-24-25-26-27-28-29-30-31-32-33-34-35-36-37-38-39-40-42-44-46-48-50-52-54-56-58-66(79)75-62(63(78)57-55-53-51-49-47-45-43-41-22-20-18-16-14-12-10-8-6-4-2)61-85-73-71(84)69(82)72(65(60-77)87-73)88-74-70(83)68(81)67(80)64(59-76)86-74/h22,41,47,49,55,57,62-65,67-74,76-78,80-84H,3-21,23-40,42-46,48,50-54,56,58-61H2,1-2H3,(H,75,79)/b41-22+,49-47+,57-55+. The monoisotopic (exact) mass is 1250 g/mol. The molecule has 0 aromatic rings. The third-order valence-electron chi connectivity index (χ3n) is 18.3. The third-order valence-corrected chi connectivity index (χ3v) is 18.3. The van der Waals surface area contributed by atoms with Crippen LogP contribution in [0.25, 0.3) is 0 Å². The molecule has 0 radical (unpaired) electrons. The smallest absolute Gasteiger partial charge is 0.220 e. The largest absolute Gasteiger partial charge is 0.394 e. The summed E-state index contributed by atoms with van der Waals surface area (Å²) < 4.78 is 22.8. The van der Waals surface area contributed by atoms with E-state index in [1.807, 2.05) is 6.08 Å². The van der Waals surface area contributed by atoms with Crippen LogP contribution in [-0.4, -0.2) is 140 Å². The number of nitrogens with one attached hydrogen (secondary N) is 1. The first-order valence-electron chi connectivity index (χ1n) is 37.2. The summed E-state index contributed by atoms with van der Waals surface area (Å²) in [5.41, 5.74) is 0. The molecule has 2 heterocycles. The van der Waals surface area contributed by atoms with Crippen LogP contribution in [0.4, 0.5) is 0 Å². The van der Waals surface area contributed by atoms with Gasteiger partial charge in [0.05, 0.1) is 32.0 Å².